The number of benzene rings is 2. The molecule has 0 heterocycles. The van der Waals surface area contributed by atoms with E-state index in [0.29, 0.717) is 0 Å². The van der Waals surface area contributed by atoms with E-state index in [1.165, 1.54) is 24.1 Å². The van der Waals surface area contributed by atoms with Gasteiger partial charge >= 0.3 is 6.09 Å². The van der Waals surface area contributed by atoms with Crippen LogP contribution in [0.25, 0.3) is 0 Å². The molecule has 0 atom stereocenters. The highest BCUT2D eigenvalue weighted by Gasteiger charge is 2.24. The Morgan fingerprint density at radius 1 is 1.15 bits per heavy atom. The summed E-state index contributed by atoms with van der Waals surface area (Å²) in [6.45, 7) is 0.0186. The van der Waals surface area contributed by atoms with Crippen LogP contribution >= 0.6 is 0 Å². The predicted octanol–water partition coefficient (Wildman–Crippen LogP) is 2.14. The average molecular weight is 393 g/mol. The summed E-state index contributed by atoms with van der Waals surface area (Å²) in [4.78, 5) is 22.9. The Morgan fingerprint density at radius 3 is 2.44 bits per heavy atom. The molecule has 9 nitrogen and oxygen atoms in total. The summed E-state index contributed by atoms with van der Waals surface area (Å²) in [7, 11) is -2.62. The molecule has 0 radical (unpaired) electrons. The highest BCUT2D eigenvalue weighted by Crippen LogP contribution is 2.22. The van der Waals surface area contributed by atoms with E-state index in [2.05, 4.69) is 4.72 Å². The van der Waals surface area contributed by atoms with Crippen LogP contribution in [0, 0.1) is 10.1 Å². The molecule has 0 bridgehead atoms. The number of rotatable bonds is 8. The van der Waals surface area contributed by atoms with Gasteiger partial charge in [0.1, 0.15) is 6.61 Å². The molecule has 0 aromatic heterocycles. The number of amides is 1. The molecule has 0 aliphatic heterocycles. The Balaban J connectivity index is 1.87. The van der Waals surface area contributed by atoms with Crippen molar-refractivity contribution in [2.45, 2.75) is 11.5 Å². The van der Waals surface area contributed by atoms with Crippen LogP contribution in [0.15, 0.2) is 59.5 Å². The first-order valence-corrected chi connectivity index (χ1v) is 9.44. The van der Waals surface area contributed by atoms with E-state index in [-0.39, 0.29) is 19.7 Å². The van der Waals surface area contributed by atoms with Crippen LogP contribution < -0.4 is 4.72 Å². The van der Waals surface area contributed by atoms with Crippen molar-refractivity contribution in [2.75, 3.05) is 20.1 Å². The summed E-state index contributed by atoms with van der Waals surface area (Å²) in [6.07, 6.45) is -0.608. The van der Waals surface area contributed by atoms with E-state index in [0.717, 1.165) is 17.7 Å². The molecule has 0 fully saturated rings. The number of carbonyl (C=O) groups excluding carboxylic acids is 1. The van der Waals surface area contributed by atoms with Crippen molar-refractivity contribution >= 4 is 21.8 Å². The zero-order chi connectivity index (χ0) is 19.9. The summed E-state index contributed by atoms with van der Waals surface area (Å²) in [5, 5.41) is 11.0. The molecule has 1 amide bonds. The van der Waals surface area contributed by atoms with Gasteiger partial charge in [-0.05, 0) is 11.6 Å². The number of hydrogen-bond acceptors (Lipinski definition) is 6. The number of carbonyl (C=O) groups is 1. The molecule has 1 N–H and O–H groups in total. The summed E-state index contributed by atoms with van der Waals surface area (Å²) >= 11 is 0. The van der Waals surface area contributed by atoms with Gasteiger partial charge in [-0.1, -0.05) is 42.5 Å². The van der Waals surface area contributed by atoms with E-state index in [9.17, 15) is 23.3 Å². The summed E-state index contributed by atoms with van der Waals surface area (Å²) in [5.41, 5.74) is 0.317. The third-order valence-electron chi connectivity index (χ3n) is 3.61. The normalized spacial score (nSPS) is 11.0. The lowest BCUT2D eigenvalue weighted by Crippen LogP contribution is -2.36. The molecule has 0 saturated carbocycles. The fourth-order valence-electron chi connectivity index (χ4n) is 2.18. The van der Waals surface area contributed by atoms with Gasteiger partial charge in [0, 0.05) is 26.2 Å². The molecule has 27 heavy (non-hydrogen) atoms. The SMILES string of the molecule is CN(CCNS(=O)(=O)c1ccccc1[N+](=O)[O-])C(=O)OCc1ccccc1. The fraction of sp³-hybridized carbons (Fsp3) is 0.235. The third-order valence-corrected chi connectivity index (χ3v) is 5.12. The van der Waals surface area contributed by atoms with Crippen LogP contribution in [-0.2, 0) is 21.4 Å². The van der Waals surface area contributed by atoms with Crippen molar-refractivity contribution in [3.63, 3.8) is 0 Å². The van der Waals surface area contributed by atoms with Crippen LogP contribution in [0.3, 0.4) is 0 Å². The van der Waals surface area contributed by atoms with Crippen molar-refractivity contribution in [3.8, 4) is 0 Å². The van der Waals surface area contributed by atoms with Crippen molar-refractivity contribution in [2.24, 2.45) is 0 Å². The Bertz CT molecular complexity index is 902. The minimum atomic E-state index is -4.08. The lowest BCUT2D eigenvalue weighted by atomic mass is 10.2. The Hall–Kier alpha value is -2.98. The van der Waals surface area contributed by atoms with Gasteiger partial charge in [-0.25, -0.2) is 17.9 Å². The Labute approximate surface area is 156 Å². The van der Waals surface area contributed by atoms with Crippen LogP contribution in [0.1, 0.15) is 5.56 Å². The molecule has 144 valence electrons. The first-order chi connectivity index (χ1) is 12.8. The maximum Gasteiger partial charge on any atom is 0.409 e. The largest absolute Gasteiger partial charge is 0.445 e. The van der Waals surface area contributed by atoms with Gasteiger partial charge in [0.2, 0.25) is 10.0 Å². The van der Waals surface area contributed by atoms with Crippen LogP contribution in [0.2, 0.25) is 0 Å². The van der Waals surface area contributed by atoms with Crippen LogP contribution in [0.5, 0.6) is 0 Å². The molecular weight excluding hydrogens is 374 g/mol. The van der Waals surface area contributed by atoms with E-state index in [1.807, 2.05) is 30.3 Å². The van der Waals surface area contributed by atoms with E-state index >= 15 is 0 Å². The van der Waals surface area contributed by atoms with Crippen molar-refractivity contribution in [3.05, 3.63) is 70.3 Å². The molecule has 10 heteroatoms. The third kappa shape index (κ3) is 5.76. The maximum absolute atomic E-state index is 12.3. The van der Waals surface area contributed by atoms with Crippen LogP contribution in [0.4, 0.5) is 10.5 Å². The lowest BCUT2D eigenvalue weighted by molar-refractivity contribution is -0.387. The lowest BCUT2D eigenvalue weighted by Gasteiger charge is -2.17. The zero-order valence-corrected chi connectivity index (χ0v) is 15.4. The summed E-state index contributed by atoms with van der Waals surface area (Å²) in [5.74, 6) is 0. The number of nitrogens with zero attached hydrogens (tertiary/aromatic N) is 2. The minimum Gasteiger partial charge on any atom is -0.445 e. The molecule has 0 spiro atoms. The molecule has 2 aromatic rings. The Morgan fingerprint density at radius 2 is 1.78 bits per heavy atom. The smallest absolute Gasteiger partial charge is 0.409 e. The number of nitro benzene ring substituents is 1. The molecule has 2 aromatic carbocycles. The summed E-state index contributed by atoms with van der Waals surface area (Å²) < 4.78 is 31.9. The number of likely N-dealkylation sites (N-methyl/N-ethyl adjacent to an activating group) is 1. The maximum atomic E-state index is 12.3. The molecule has 0 aliphatic carbocycles. The number of para-hydroxylation sites is 1. The summed E-state index contributed by atoms with van der Waals surface area (Å²) in [6, 6.07) is 14.2. The van der Waals surface area contributed by atoms with E-state index in [4.69, 9.17) is 4.74 Å². The van der Waals surface area contributed by atoms with Gasteiger partial charge in [-0.3, -0.25) is 10.1 Å². The predicted molar refractivity (Wildman–Crippen MR) is 97.5 cm³/mol. The van der Waals surface area contributed by atoms with Crippen LogP contribution in [-0.4, -0.2) is 44.5 Å². The highest BCUT2D eigenvalue weighted by molar-refractivity contribution is 7.89. The Kier molecular flexibility index (Phi) is 6.85. The standard InChI is InChI=1S/C17H19N3O6S/c1-19(17(21)26-13-14-7-3-2-4-8-14)12-11-18-27(24,25)16-10-6-5-9-15(16)20(22)23/h2-10,18H,11-13H2,1H3. The quantitative estimate of drug-likeness (QED) is 0.542. The number of nitro groups is 1. The zero-order valence-electron chi connectivity index (χ0n) is 14.6. The first-order valence-electron chi connectivity index (χ1n) is 7.96. The number of ether oxygens (including phenoxy) is 1. The number of nitrogens with one attached hydrogen (secondary N) is 1. The fourth-order valence-corrected chi connectivity index (χ4v) is 3.37. The number of sulfonamides is 1. The average Bonchev–Trinajstić information content (AvgIpc) is 2.66. The second kappa shape index (κ2) is 9.10. The molecule has 0 saturated heterocycles. The van der Waals surface area contributed by atoms with E-state index < -0.39 is 31.6 Å². The van der Waals surface area contributed by atoms with Gasteiger partial charge < -0.3 is 9.64 Å². The minimum absolute atomic E-state index is 0.0352. The van der Waals surface area contributed by atoms with Gasteiger partial charge in [-0.15, -0.1) is 0 Å². The topological polar surface area (TPSA) is 119 Å². The van der Waals surface area contributed by atoms with Crippen molar-refractivity contribution in [1.82, 2.24) is 9.62 Å². The second-order valence-corrected chi connectivity index (χ2v) is 7.32. The molecule has 0 aliphatic rings. The monoisotopic (exact) mass is 393 g/mol. The highest BCUT2D eigenvalue weighted by atomic mass is 32.2. The van der Waals surface area contributed by atoms with Crippen molar-refractivity contribution in [1.29, 1.82) is 0 Å². The number of hydrogen-bond donors (Lipinski definition) is 1. The van der Waals surface area contributed by atoms with Gasteiger partial charge in [0.05, 0.1) is 4.92 Å². The van der Waals surface area contributed by atoms with Gasteiger partial charge in [-0.2, -0.15) is 0 Å². The second-order valence-electron chi connectivity index (χ2n) is 5.58. The van der Waals surface area contributed by atoms with Gasteiger partial charge in [0.25, 0.3) is 5.69 Å². The van der Waals surface area contributed by atoms with Crippen molar-refractivity contribution < 1.29 is 22.9 Å². The van der Waals surface area contributed by atoms with Gasteiger partial charge in [0.15, 0.2) is 4.90 Å². The first kappa shape index (κ1) is 20.3. The molecule has 0 unspecified atom stereocenters. The molecule has 2 rings (SSSR count). The molecular formula is C17H19N3O6S. The van der Waals surface area contributed by atoms with E-state index in [1.54, 1.807) is 0 Å².